The minimum atomic E-state index is -1.69. The van der Waals surface area contributed by atoms with Gasteiger partial charge in [-0.25, -0.2) is 0 Å². The second-order valence-corrected chi connectivity index (χ2v) is 3.21. The van der Waals surface area contributed by atoms with Gasteiger partial charge in [-0.1, -0.05) is 0 Å². The molecule has 7 heteroatoms. The molecule has 0 spiro atoms. The first-order valence-electron chi connectivity index (χ1n) is 4.15. The molecule has 1 aliphatic rings. The molecule has 7 nitrogen and oxygen atoms in total. The Morgan fingerprint density at radius 3 is 2.07 bits per heavy atom. The van der Waals surface area contributed by atoms with Gasteiger partial charge in [0.25, 0.3) is 0 Å². The predicted octanol–water partition coefficient (Wildman–Crippen LogP) is -3.86. The molecular formula is C7H14O7. The van der Waals surface area contributed by atoms with Crippen LogP contribution in [0.1, 0.15) is 0 Å². The number of hydrogen-bond acceptors (Lipinski definition) is 7. The molecule has 1 unspecified atom stereocenters. The summed E-state index contributed by atoms with van der Waals surface area (Å²) < 4.78 is 4.62. The molecule has 1 rings (SSSR count). The number of ether oxygens (including phenoxy) is 1. The average Bonchev–Trinajstić information content (AvgIpc) is 2.19. The standard InChI is InChI=1S/C7H14O7/c8-1-2(9)6-4(11)3(10)5(12)7(13)14-6/h2-13H,1H2/t2-,3+,4+,5+,6+,7?/m0/s1. The van der Waals surface area contributed by atoms with Gasteiger partial charge in [-0.15, -0.1) is 0 Å². The van der Waals surface area contributed by atoms with E-state index < -0.39 is 43.4 Å². The highest BCUT2D eigenvalue weighted by Crippen LogP contribution is 2.21. The molecular weight excluding hydrogens is 196 g/mol. The van der Waals surface area contributed by atoms with E-state index in [0.717, 1.165) is 0 Å². The second kappa shape index (κ2) is 4.49. The highest BCUT2D eigenvalue weighted by Gasteiger charge is 2.45. The fourth-order valence-electron chi connectivity index (χ4n) is 1.31. The Hall–Kier alpha value is -0.280. The third-order valence-electron chi connectivity index (χ3n) is 2.19. The number of aliphatic hydroxyl groups excluding tert-OH is 6. The number of aliphatic hydroxyl groups is 6. The van der Waals surface area contributed by atoms with Crippen LogP contribution < -0.4 is 0 Å². The normalized spacial score (nSPS) is 46.3. The Labute approximate surface area is 79.8 Å². The lowest BCUT2D eigenvalue weighted by Gasteiger charge is -2.39. The highest BCUT2D eigenvalue weighted by atomic mass is 16.6. The van der Waals surface area contributed by atoms with Crippen LogP contribution in [0.25, 0.3) is 0 Å². The molecule has 0 aliphatic carbocycles. The van der Waals surface area contributed by atoms with E-state index in [4.69, 9.17) is 20.4 Å². The molecule has 6 atom stereocenters. The maximum atomic E-state index is 9.31. The van der Waals surface area contributed by atoms with Crippen molar-refractivity contribution in [3.8, 4) is 0 Å². The van der Waals surface area contributed by atoms with E-state index in [1.807, 2.05) is 0 Å². The molecule has 14 heavy (non-hydrogen) atoms. The first-order valence-corrected chi connectivity index (χ1v) is 4.15. The summed E-state index contributed by atoms with van der Waals surface area (Å²) >= 11 is 0. The van der Waals surface area contributed by atoms with Gasteiger partial charge in [-0.3, -0.25) is 0 Å². The molecule has 0 aromatic rings. The van der Waals surface area contributed by atoms with Crippen molar-refractivity contribution in [1.29, 1.82) is 0 Å². The Kier molecular flexibility index (Phi) is 3.78. The Morgan fingerprint density at radius 1 is 1.00 bits per heavy atom. The summed E-state index contributed by atoms with van der Waals surface area (Å²) in [6.07, 6.45) is -9.26. The van der Waals surface area contributed by atoms with E-state index in [1.165, 1.54) is 0 Å². The maximum absolute atomic E-state index is 9.31. The van der Waals surface area contributed by atoms with Gasteiger partial charge in [0.2, 0.25) is 0 Å². The van der Waals surface area contributed by atoms with Crippen molar-refractivity contribution < 1.29 is 35.4 Å². The minimum Gasteiger partial charge on any atom is -0.394 e. The first-order chi connectivity index (χ1) is 6.49. The Bertz CT molecular complexity index is 187. The molecule has 0 amide bonds. The molecule has 0 aromatic carbocycles. The minimum absolute atomic E-state index is 0.683. The number of rotatable bonds is 2. The van der Waals surface area contributed by atoms with Crippen LogP contribution in [0.2, 0.25) is 0 Å². The third-order valence-corrected chi connectivity index (χ3v) is 2.19. The van der Waals surface area contributed by atoms with Crippen molar-refractivity contribution in [3.63, 3.8) is 0 Å². The number of hydrogen-bond donors (Lipinski definition) is 6. The van der Waals surface area contributed by atoms with Crippen molar-refractivity contribution in [2.75, 3.05) is 6.61 Å². The average molecular weight is 210 g/mol. The fourth-order valence-corrected chi connectivity index (χ4v) is 1.31. The maximum Gasteiger partial charge on any atom is 0.184 e. The van der Waals surface area contributed by atoms with Gasteiger partial charge < -0.3 is 35.4 Å². The summed E-state index contributed by atoms with van der Waals surface area (Å²) in [5, 5.41) is 54.3. The van der Waals surface area contributed by atoms with Crippen LogP contribution in [0.4, 0.5) is 0 Å². The summed E-state index contributed by atoms with van der Waals surface area (Å²) in [5.74, 6) is 0. The van der Waals surface area contributed by atoms with E-state index in [9.17, 15) is 10.2 Å². The summed E-state index contributed by atoms with van der Waals surface area (Å²) in [6.45, 7) is -0.683. The molecule has 0 saturated carbocycles. The van der Waals surface area contributed by atoms with Gasteiger partial charge in [-0.05, 0) is 0 Å². The zero-order chi connectivity index (χ0) is 10.9. The molecule has 1 saturated heterocycles. The lowest BCUT2D eigenvalue weighted by molar-refractivity contribution is -0.298. The molecule has 0 bridgehead atoms. The predicted molar refractivity (Wildman–Crippen MR) is 42.0 cm³/mol. The lowest BCUT2D eigenvalue weighted by atomic mass is 9.96. The van der Waals surface area contributed by atoms with Crippen molar-refractivity contribution in [2.24, 2.45) is 0 Å². The summed E-state index contributed by atoms with van der Waals surface area (Å²) in [7, 11) is 0. The van der Waals surface area contributed by atoms with Gasteiger partial charge in [-0.2, -0.15) is 0 Å². The van der Waals surface area contributed by atoms with E-state index in [-0.39, 0.29) is 0 Å². The molecule has 1 fully saturated rings. The molecule has 0 aromatic heterocycles. The monoisotopic (exact) mass is 210 g/mol. The SMILES string of the molecule is OC[C@H](O)[C@H]1OC(O)[C@H](O)[C@H](O)[C@H]1O. The van der Waals surface area contributed by atoms with Crippen molar-refractivity contribution in [3.05, 3.63) is 0 Å². The molecule has 84 valence electrons. The van der Waals surface area contributed by atoms with Crippen LogP contribution in [0.3, 0.4) is 0 Å². The topological polar surface area (TPSA) is 131 Å². The van der Waals surface area contributed by atoms with Crippen LogP contribution in [0, 0.1) is 0 Å². The van der Waals surface area contributed by atoms with Crippen molar-refractivity contribution in [2.45, 2.75) is 36.8 Å². The first kappa shape index (κ1) is 11.8. The van der Waals surface area contributed by atoms with Gasteiger partial charge >= 0.3 is 0 Å². The lowest BCUT2D eigenvalue weighted by Crippen LogP contribution is -2.61. The zero-order valence-corrected chi connectivity index (χ0v) is 7.26. The largest absolute Gasteiger partial charge is 0.394 e. The van der Waals surface area contributed by atoms with Crippen LogP contribution in [-0.2, 0) is 4.74 Å². The summed E-state index contributed by atoms with van der Waals surface area (Å²) in [5.41, 5.74) is 0. The fraction of sp³-hybridized carbons (Fsp3) is 1.00. The quantitative estimate of drug-likeness (QED) is 0.275. The van der Waals surface area contributed by atoms with Gasteiger partial charge in [0, 0.05) is 0 Å². The van der Waals surface area contributed by atoms with E-state index in [0.29, 0.717) is 0 Å². The van der Waals surface area contributed by atoms with Crippen molar-refractivity contribution >= 4 is 0 Å². The van der Waals surface area contributed by atoms with E-state index in [1.54, 1.807) is 0 Å². The van der Waals surface area contributed by atoms with Crippen LogP contribution in [-0.4, -0.2) is 74.1 Å². The summed E-state index contributed by atoms with van der Waals surface area (Å²) in [6, 6.07) is 0. The third kappa shape index (κ3) is 2.04. The van der Waals surface area contributed by atoms with Crippen LogP contribution >= 0.6 is 0 Å². The summed E-state index contributed by atoms with van der Waals surface area (Å²) in [4.78, 5) is 0. The molecule has 1 aliphatic heterocycles. The smallest absolute Gasteiger partial charge is 0.184 e. The Morgan fingerprint density at radius 2 is 1.57 bits per heavy atom. The molecule has 6 N–H and O–H groups in total. The van der Waals surface area contributed by atoms with Crippen LogP contribution in [0.5, 0.6) is 0 Å². The van der Waals surface area contributed by atoms with E-state index >= 15 is 0 Å². The van der Waals surface area contributed by atoms with E-state index in [2.05, 4.69) is 4.74 Å². The Balaban J connectivity index is 2.70. The zero-order valence-electron chi connectivity index (χ0n) is 7.26. The highest BCUT2D eigenvalue weighted by molar-refractivity contribution is 4.91. The van der Waals surface area contributed by atoms with Gasteiger partial charge in [0.05, 0.1) is 6.61 Å². The van der Waals surface area contributed by atoms with Gasteiger partial charge in [0.15, 0.2) is 6.29 Å². The molecule has 1 heterocycles. The van der Waals surface area contributed by atoms with Gasteiger partial charge in [0.1, 0.15) is 30.5 Å². The second-order valence-electron chi connectivity index (χ2n) is 3.21. The molecule has 0 radical (unpaired) electrons. The van der Waals surface area contributed by atoms with Crippen LogP contribution in [0.15, 0.2) is 0 Å². The van der Waals surface area contributed by atoms with Crippen molar-refractivity contribution in [1.82, 2.24) is 0 Å².